The SMILES string of the molecule is CC1(C)COP(=S)(Cl)OC1. The fourth-order valence-electron chi connectivity index (χ4n) is 0.583. The van der Waals surface area contributed by atoms with Gasteiger partial charge in [-0.3, -0.25) is 0 Å². The van der Waals surface area contributed by atoms with Gasteiger partial charge in [-0.25, -0.2) is 0 Å². The van der Waals surface area contributed by atoms with Gasteiger partial charge in [-0.1, -0.05) is 13.8 Å². The van der Waals surface area contributed by atoms with Crippen molar-refractivity contribution in [3.63, 3.8) is 0 Å². The van der Waals surface area contributed by atoms with Crippen molar-refractivity contribution in [3.05, 3.63) is 0 Å². The minimum absolute atomic E-state index is 0.0667. The van der Waals surface area contributed by atoms with Crippen LogP contribution >= 0.6 is 17.1 Å². The molecule has 1 aliphatic rings. The highest BCUT2D eigenvalue weighted by molar-refractivity contribution is 8.22. The molecule has 10 heavy (non-hydrogen) atoms. The predicted octanol–water partition coefficient (Wildman–Crippen LogP) is 2.52. The van der Waals surface area contributed by atoms with Crippen molar-refractivity contribution in [2.75, 3.05) is 13.2 Å². The number of rotatable bonds is 0. The van der Waals surface area contributed by atoms with Crippen molar-refractivity contribution < 1.29 is 9.05 Å². The van der Waals surface area contributed by atoms with E-state index in [1.807, 2.05) is 0 Å². The first-order valence-corrected chi connectivity index (χ1v) is 6.54. The monoisotopic (exact) mass is 200 g/mol. The fraction of sp³-hybridized carbons (Fsp3) is 1.00. The van der Waals surface area contributed by atoms with Crippen molar-refractivity contribution in [2.24, 2.45) is 5.41 Å². The van der Waals surface area contributed by atoms with Crippen LogP contribution in [0, 0.1) is 5.41 Å². The Hall–Kier alpha value is 0.860. The summed E-state index contributed by atoms with van der Waals surface area (Å²) in [6.45, 7) is 5.32. The molecule has 5 heteroatoms. The average molecular weight is 201 g/mol. The zero-order valence-electron chi connectivity index (χ0n) is 5.96. The van der Waals surface area contributed by atoms with E-state index >= 15 is 0 Å². The third-order valence-electron chi connectivity index (χ3n) is 1.22. The van der Waals surface area contributed by atoms with Crippen LogP contribution in [0.5, 0.6) is 0 Å². The number of hydrogen-bond acceptors (Lipinski definition) is 3. The summed E-state index contributed by atoms with van der Waals surface area (Å²) in [4.78, 5) is 0. The molecule has 0 amide bonds. The van der Waals surface area contributed by atoms with Crippen molar-refractivity contribution in [1.82, 2.24) is 0 Å². The third kappa shape index (κ3) is 2.48. The van der Waals surface area contributed by atoms with E-state index in [0.717, 1.165) is 0 Å². The Balaban J connectivity index is 2.54. The summed E-state index contributed by atoms with van der Waals surface area (Å²) in [6.07, 6.45) is 0. The maximum Gasteiger partial charge on any atom is 0.281 e. The van der Waals surface area contributed by atoms with Gasteiger partial charge in [-0.2, -0.15) is 0 Å². The van der Waals surface area contributed by atoms with Gasteiger partial charge in [-0.15, -0.1) is 0 Å². The normalized spacial score (nSPS) is 29.9. The first kappa shape index (κ1) is 8.95. The number of halogens is 1. The van der Waals surface area contributed by atoms with E-state index < -0.39 is 5.84 Å². The zero-order valence-corrected chi connectivity index (χ0v) is 8.43. The molecule has 0 saturated carbocycles. The Morgan fingerprint density at radius 3 is 2.10 bits per heavy atom. The number of hydrogen-bond donors (Lipinski definition) is 0. The molecule has 1 heterocycles. The fourth-order valence-corrected chi connectivity index (χ4v) is 2.27. The lowest BCUT2D eigenvalue weighted by Gasteiger charge is -2.32. The Kier molecular flexibility index (Phi) is 2.44. The van der Waals surface area contributed by atoms with Crippen LogP contribution in [-0.4, -0.2) is 13.2 Å². The second-order valence-corrected chi connectivity index (χ2v) is 7.90. The molecular weight excluding hydrogens is 191 g/mol. The van der Waals surface area contributed by atoms with Crippen molar-refractivity contribution in [1.29, 1.82) is 0 Å². The molecule has 0 bridgehead atoms. The van der Waals surface area contributed by atoms with Gasteiger partial charge in [0.05, 0.1) is 13.2 Å². The lowest BCUT2D eigenvalue weighted by atomic mass is 9.97. The second-order valence-electron chi connectivity index (χ2n) is 3.14. The third-order valence-corrected chi connectivity index (χ3v) is 3.31. The molecule has 1 saturated heterocycles. The van der Waals surface area contributed by atoms with Gasteiger partial charge in [0.2, 0.25) is 0 Å². The molecule has 0 aliphatic carbocycles. The minimum Gasteiger partial charge on any atom is -0.317 e. The van der Waals surface area contributed by atoms with Gasteiger partial charge in [0.25, 0.3) is 5.84 Å². The molecule has 60 valence electrons. The maximum absolute atomic E-state index is 5.68. The second kappa shape index (κ2) is 2.72. The topological polar surface area (TPSA) is 18.5 Å². The van der Waals surface area contributed by atoms with Gasteiger partial charge < -0.3 is 9.05 Å². The van der Waals surface area contributed by atoms with Crippen LogP contribution in [0.4, 0.5) is 0 Å². The van der Waals surface area contributed by atoms with E-state index in [2.05, 4.69) is 13.8 Å². The molecule has 2 nitrogen and oxygen atoms in total. The summed E-state index contributed by atoms with van der Waals surface area (Å²) >= 11 is 10.5. The first-order chi connectivity index (χ1) is 4.41. The Bertz CT molecular complexity index is 168. The van der Waals surface area contributed by atoms with Gasteiger partial charge in [0.15, 0.2) is 0 Å². The van der Waals surface area contributed by atoms with E-state index in [9.17, 15) is 0 Å². The van der Waals surface area contributed by atoms with E-state index in [4.69, 9.17) is 32.1 Å². The van der Waals surface area contributed by atoms with Crippen LogP contribution in [-0.2, 0) is 20.9 Å². The molecule has 0 aromatic rings. The average Bonchev–Trinajstić information content (AvgIpc) is 1.79. The molecule has 0 unspecified atom stereocenters. The summed E-state index contributed by atoms with van der Waals surface area (Å²) in [5, 5.41) is 0. The molecular formula is C5H10ClO2PS. The lowest BCUT2D eigenvalue weighted by molar-refractivity contribution is 0.0665. The summed E-state index contributed by atoms with van der Waals surface area (Å²) in [7, 11) is 0. The maximum atomic E-state index is 5.68. The minimum atomic E-state index is -2.36. The van der Waals surface area contributed by atoms with Crippen LogP contribution in [0.25, 0.3) is 0 Å². The Labute approximate surface area is 70.8 Å². The van der Waals surface area contributed by atoms with Gasteiger partial charge in [0, 0.05) is 5.41 Å². The zero-order chi connectivity index (χ0) is 7.83. The van der Waals surface area contributed by atoms with E-state index in [1.165, 1.54) is 0 Å². The summed E-state index contributed by atoms with van der Waals surface area (Å²) in [6, 6.07) is 0. The van der Waals surface area contributed by atoms with Crippen LogP contribution < -0.4 is 0 Å². The summed E-state index contributed by atoms with van der Waals surface area (Å²) in [5.74, 6) is -2.36. The molecule has 0 aromatic heterocycles. The molecule has 1 aliphatic heterocycles. The highest BCUT2D eigenvalue weighted by atomic mass is 35.7. The highest BCUT2D eigenvalue weighted by Crippen LogP contribution is 2.58. The molecule has 1 fully saturated rings. The summed E-state index contributed by atoms with van der Waals surface area (Å²) in [5.41, 5.74) is 0.0667. The van der Waals surface area contributed by atoms with Crippen molar-refractivity contribution >= 4 is 28.9 Å². The quantitative estimate of drug-likeness (QED) is 0.560. The molecule has 0 N–H and O–H groups in total. The molecule has 0 atom stereocenters. The van der Waals surface area contributed by atoms with E-state index in [1.54, 1.807) is 0 Å². The Morgan fingerprint density at radius 1 is 1.40 bits per heavy atom. The summed E-state index contributed by atoms with van der Waals surface area (Å²) < 4.78 is 10.3. The van der Waals surface area contributed by atoms with Gasteiger partial charge in [0.1, 0.15) is 0 Å². The van der Waals surface area contributed by atoms with Crippen LogP contribution in [0.2, 0.25) is 0 Å². The van der Waals surface area contributed by atoms with Crippen molar-refractivity contribution in [3.8, 4) is 0 Å². The molecule has 1 rings (SSSR count). The van der Waals surface area contributed by atoms with Gasteiger partial charge in [-0.05, 0) is 23.0 Å². The molecule has 0 radical (unpaired) electrons. The lowest BCUT2D eigenvalue weighted by Crippen LogP contribution is -2.28. The standard InChI is InChI=1S/C5H10ClO2PS/c1-5(2)3-7-9(6,10)8-4-5/h3-4H2,1-2H3. The van der Waals surface area contributed by atoms with Crippen molar-refractivity contribution in [2.45, 2.75) is 13.8 Å². The van der Waals surface area contributed by atoms with Crippen LogP contribution in [0.15, 0.2) is 0 Å². The largest absolute Gasteiger partial charge is 0.317 e. The molecule has 0 spiro atoms. The van der Waals surface area contributed by atoms with Gasteiger partial charge >= 0.3 is 0 Å². The highest BCUT2D eigenvalue weighted by Gasteiger charge is 2.31. The van der Waals surface area contributed by atoms with Crippen LogP contribution in [0.3, 0.4) is 0 Å². The van der Waals surface area contributed by atoms with Crippen LogP contribution in [0.1, 0.15) is 13.8 Å². The first-order valence-electron chi connectivity index (χ1n) is 3.00. The van der Waals surface area contributed by atoms with E-state index in [-0.39, 0.29) is 5.41 Å². The Morgan fingerprint density at radius 2 is 1.80 bits per heavy atom. The molecule has 0 aromatic carbocycles. The smallest absolute Gasteiger partial charge is 0.281 e. The predicted molar refractivity (Wildman–Crippen MR) is 45.8 cm³/mol. The van der Waals surface area contributed by atoms with E-state index in [0.29, 0.717) is 13.2 Å².